The van der Waals surface area contributed by atoms with Crippen LogP contribution in [0.1, 0.15) is 16.9 Å². The lowest BCUT2D eigenvalue weighted by atomic mass is 10.1. The van der Waals surface area contributed by atoms with E-state index in [4.69, 9.17) is 11.0 Å². The summed E-state index contributed by atoms with van der Waals surface area (Å²) in [5.74, 6) is 0.140. The molecule has 16 heavy (non-hydrogen) atoms. The van der Waals surface area contributed by atoms with Crippen LogP contribution < -0.4 is 5.73 Å². The lowest BCUT2D eigenvalue weighted by Gasteiger charge is -2.15. The average Bonchev–Trinajstić information content (AvgIpc) is 2.88. The molecule has 1 aliphatic heterocycles. The maximum atomic E-state index is 11.8. The van der Waals surface area contributed by atoms with E-state index in [2.05, 4.69) is 6.07 Å². The lowest BCUT2D eigenvalue weighted by molar-refractivity contribution is -0.131. The van der Waals surface area contributed by atoms with Gasteiger partial charge in [-0.1, -0.05) is 0 Å². The van der Waals surface area contributed by atoms with Gasteiger partial charge < -0.3 is 10.6 Å². The predicted octanol–water partition coefficient (Wildman–Crippen LogP) is 0.927. The molecule has 1 aromatic rings. The van der Waals surface area contributed by atoms with Gasteiger partial charge in [0, 0.05) is 19.6 Å². The van der Waals surface area contributed by atoms with Crippen molar-refractivity contribution in [2.24, 2.45) is 11.7 Å². The Morgan fingerprint density at radius 1 is 1.69 bits per heavy atom. The number of carbonyl (C=O) groups is 1. The minimum absolute atomic E-state index is 0.00549. The molecule has 2 rings (SSSR count). The second-order valence-electron chi connectivity index (χ2n) is 3.91. The fraction of sp³-hybridized carbons (Fsp3) is 0.455. The molecule has 0 bridgehead atoms. The van der Waals surface area contributed by atoms with Crippen molar-refractivity contribution in [3.05, 3.63) is 21.9 Å². The molecule has 2 heterocycles. The SMILES string of the molecule is N#Cc1cc(CN2CC[C@@H](CN)C2=O)cs1. The van der Waals surface area contributed by atoms with Gasteiger partial charge in [0.05, 0.1) is 5.92 Å². The van der Waals surface area contributed by atoms with Crippen molar-refractivity contribution >= 4 is 17.2 Å². The molecule has 0 saturated carbocycles. The van der Waals surface area contributed by atoms with Crippen molar-refractivity contribution in [3.8, 4) is 6.07 Å². The normalized spacial score (nSPS) is 20.1. The number of nitrogens with zero attached hydrogens (tertiary/aromatic N) is 2. The van der Waals surface area contributed by atoms with Crippen molar-refractivity contribution < 1.29 is 4.79 Å². The molecule has 2 N–H and O–H groups in total. The topological polar surface area (TPSA) is 70.1 Å². The first-order chi connectivity index (χ1) is 7.74. The van der Waals surface area contributed by atoms with Crippen LogP contribution in [0.5, 0.6) is 0 Å². The number of nitriles is 1. The number of nitrogens with two attached hydrogens (primary N) is 1. The number of thiophene rings is 1. The minimum Gasteiger partial charge on any atom is -0.338 e. The fourth-order valence-electron chi connectivity index (χ4n) is 1.92. The van der Waals surface area contributed by atoms with E-state index in [1.807, 2.05) is 16.3 Å². The number of hydrogen-bond acceptors (Lipinski definition) is 4. The highest BCUT2D eigenvalue weighted by atomic mass is 32.1. The van der Waals surface area contributed by atoms with Gasteiger partial charge in [-0.15, -0.1) is 11.3 Å². The molecule has 0 aromatic carbocycles. The lowest BCUT2D eigenvalue weighted by Crippen LogP contribution is -2.29. The predicted molar refractivity (Wildman–Crippen MR) is 61.6 cm³/mol. The van der Waals surface area contributed by atoms with Crippen molar-refractivity contribution in [3.63, 3.8) is 0 Å². The molecule has 1 saturated heterocycles. The van der Waals surface area contributed by atoms with E-state index >= 15 is 0 Å². The zero-order chi connectivity index (χ0) is 11.5. The molecule has 1 fully saturated rings. The van der Waals surface area contributed by atoms with Gasteiger partial charge in [0.1, 0.15) is 10.9 Å². The van der Waals surface area contributed by atoms with Crippen LogP contribution in [0.2, 0.25) is 0 Å². The molecule has 1 atom stereocenters. The monoisotopic (exact) mass is 235 g/mol. The molecule has 84 valence electrons. The Labute approximate surface area is 98.3 Å². The second-order valence-corrected chi connectivity index (χ2v) is 4.82. The maximum absolute atomic E-state index is 11.8. The van der Waals surface area contributed by atoms with Gasteiger partial charge in [-0.2, -0.15) is 5.26 Å². The van der Waals surface area contributed by atoms with E-state index in [0.717, 1.165) is 18.5 Å². The Morgan fingerprint density at radius 2 is 2.50 bits per heavy atom. The van der Waals surface area contributed by atoms with Gasteiger partial charge in [-0.3, -0.25) is 4.79 Å². The Hall–Kier alpha value is -1.38. The Bertz CT molecular complexity index is 435. The summed E-state index contributed by atoms with van der Waals surface area (Å²) in [6, 6.07) is 3.94. The molecule has 1 amide bonds. The number of likely N-dealkylation sites (tertiary alicyclic amines) is 1. The zero-order valence-electron chi connectivity index (χ0n) is 8.85. The summed E-state index contributed by atoms with van der Waals surface area (Å²) >= 11 is 1.42. The smallest absolute Gasteiger partial charge is 0.227 e. The summed E-state index contributed by atoms with van der Waals surface area (Å²) in [4.78, 5) is 14.3. The summed E-state index contributed by atoms with van der Waals surface area (Å²) in [6.07, 6.45) is 0.852. The first-order valence-corrected chi connectivity index (χ1v) is 6.09. The van der Waals surface area contributed by atoms with Crippen LogP contribution in [0.3, 0.4) is 0 Å². The molecule has 0 aliphatic carbocycles. The van der Waals surface area contributed by atoms with Crippen LogP contribution in [0.25, 0.3) is 0 Å². The van der Waals surface area contributed by atoms with Crippen LogP contribution in [-0.4, -0.2) is 23.9 Å². The third-order valence-corrected chi connectivity index (χ3v) is 3.71. The van der Waals surface area contributed by atoms with Crippen LogP contribution in [0, 0.1) is 17.2 Å². The number of amides is 1. The highest BCUT2D eigenvalue weighted by Crippen LogP contribution is 2.21. The van der Waals surface area contributed by atoms with Crippen molar-refractivity contribution in [2.75, 3.05) is 13.1 Å². The Balaban J connectivity index is 2.01. The molecule has 0 unspecified atom stereocenters. The minimum atomic E-state index is -0.00549. The van der Waals surface area contributed by atoms with Crippen LogP contribution in [0.15, 0.2) is 11.4 Å². The van der Waals surface area contributed by atoms with Crippen molar-refractivity contribution in [1.82, 2.24) is 4.90 Å². The highest BCUT2D eigenvalue weighted by molar-refractivity contribution is 7.10. The molecule has 4 nitrogen and oxygen atoms in total. The Kier molecular flexibility index (Phi) is 3.22. The summed E-state index contributed by atoms with van der Waals surface area (Å²) in [7, 11) is 0. The molecule has 1 aromatic heterocycles. The third-order valence-electron chi connectivity index (χ3n) is 2.83. The van der Waals surface area contributed by atoms with E-state index in [0.29, 0.717) is 18.0 Å². The quantitative estimate of drug-likeness (QED) is 0.847. The largest absolute Gasteiger partial charge is 0.338 e. The highest BCUT2D eigenvalue weighted by Gasteiger charge is 2.30. The molecular formula is C11H13N3OS. The Morgan fingerprint density at radius 3 is 3.06 bits per heavy atom. The van der Waals surface area contributed by atoms with Gasteiger partial charge in [0.25, 0.3) is 0 Å². The molecule has 0 radical (unpaired) electrons. The maximum Gasteiger partial charge on any atom is 0.227 e. The van der Waals surface area contributed by atoms with Gasteiger partial charge in [-0.25, -0.2) is 0 Å². The standard InChI is InChI=1S/C11H13N3OS/c12-4-9-1-2-14(11(9)15)6-8-3-10(5-13)16-7-8/h3,7,9H,1-2,4,6,12H2/t9-/m0/s1. The summed E-state index contributed by atoms with van der Waals surface area (Å²) in [5, 5.41) is 10.6. The molecule has 5 heteroatoms. The summed E-state index contributed by atoms with van der Waals surface area (Å²) < 4.78 is 0. The van der Waals surface area contributed by atoms with Gasteiger partial charge in [-0.05, 0) is 23.4 Å². The molecular weight excluding hydrogens is 222 g/mol. The van der Waals surface area contributed by atoms with Crippen molar-refractivity contribution in [2.45, 2.75) is 13.0 Å². The summed E-state index contributed by atoms with van der Waals surface area (Å²) in [6.45, 7) is 1.81. The second kappa shape index (κ2) is 4.64. The van der Waals surface area contributed by atoms with Crippen LogP contribution in [-0.2, 0) is 11.3 Å². The van der Waals surface area contributed by atoms with E-state index in [-0.39, 0.29) is 11.8 Å². The van der Waals surface area contributed by atoms with Gasteiger partial charge in [0.2, 0.25) is 5.91 Å². The zero-order valence-corrected chi connectivity index (χ0v) is 9.67. The molecule has 0 spiro atoms. The number of rotatable bonds is 3. The number of carbonyl (C=O) groups excluding carboxylic acids is 1. The first-order valence-electron chi connectivity index (χ1n) is 5.21. The fourth-order valence-corrected chi connectivity index (χ4v) is 2.61. The first kappa shape index (κ1) is 11.1. The van der Waals surface area contributed by atoms with Crippen molar-refractivity contribution in [1.29, 1.82) is 5.26 Å². The van der Waals surface area contributed by atoms with Gasteiger partial charge >= 0.3 is 0 Å². The summed E-state index contributed by atoms with van der Waals surface area (Å²) in [5.41, 5.74) is 6.55. The van der Waals surface area contributed by atoms with E-state index in [9.17, 15) is 4.79 Å². The average molecular weight is 235 g/mol. The van der Waals surface area contributed by atoms with E-state index in [1.54, 1.807) is 0 Å². The van der Waals surface area contributed by atoms with Gasteiger partial charge in [0.15, 0.2) is 0 Å². The molecule has 1 aliphatic rings. The number of hydrogen-bond donors (Lipinski definition) is 1. The third kappa shape index (κ3) is 2.08. The van der Waals surface area contributed by atoms with Crippen LogP contribution in [0.4, 0.5) is 0 Å². The van der Waals surface area contributed by atoms with Crippen LogP contribution >= 0.6 is 11.3 Å². The van der Waals surface area contributed by atoms with E-state index < -0.39 is 0 Å². The van der Waals surface area contributed by atoms with E-state index in [1.165, 1.54) is 11.3 Å².